The van der Waals surface area contributed by atoms with Crippen molar-refractivity contribution in [1.29, 1.82) is 0 Å². The number of ether oxygens (including phenoxy) is 2. The van der Waals surface area contributed by atoms with E-state index in [1.807, 2.05) is 40.9 Å². The molecule has 3 N–H and O–H groups in total. The van der Waals surface area contributed by atoms with Crippen LogP contribution >= 0.6 is 0 Å². The predicted molar refractivity (Wildman–Crippen MR) is 229 cm³/mol. The number of hydrogen-bond acceptors (Lipinski definition) is 9. The van der Waals surface area contributed by atoms with Crippen molar-refractivity contribution in [2.45, 2.75) is 79.2 Å². The molecule has 5 aromatic rings. The van der Waals surface area contributed by atoms with Gasteiger partial charge in [0, 0.05) is 93.0 Å². The number of anilines is 1. The highest BCUT2D eigenvalue weighted by atomic mass is 16.5. The van der Waals surface area contributed by atoms with Gasteiger partial charge in [0.25, 0.3) is 5.91 Å². The molecule has 2 amide bonds. The van der Waals surface area contributed by atoms with Crippen LogP contribution in [0.1, 0.15) is 82.3 Å². The van der Waals surface area contributed by atoms with Crippen molar-refractivity contribution < 1.29 is 19.1 Å². The predicted octanol–water partition coefficient (Wildman–Crippen LogP) is 6.67. The Balaban J connectivity index is 1.28. The summed E-state index contributed by atoms with van der Waals surface area (Å²) in [6.07, 6.45) is 4.30. The number of nitrogens with one attached hydrogen (secondary N) is 1. The minimum Gasteiger partial charge on any atom is -0.496 e. The molecule has 12 nitrogen and oxygen atoms in total. The summed E-state index contributed by atoms with van der Waals surface area (Å²) in [5.41, 5.74) is 15.1. The molecular formula is C46H58N8O4. The van der Waals surface area contributed by atoms with Crippen LogP contribution in [0.3, 0.4) is 0 Å². The first-order chi connectivity index (χ1) is 28.2. The molecule has 0 saturated carbocycles. The molecule has 2 fully saturated rings. The number of piperazine rings is 1. The van der Waals surface area contributed by atoms with E-state index in [4.69, 9.17) is 25.3 Å². The number of aromatic nitrogens is 3. The topological polar surface area (TPSA) is 131 Å². The van der Waals surface area contributed by atoms with E-state index in [9.17, 15) is 9.59 Å². The van der Waals surface area contributed by atoms with Crippen LogP contribution in [0.15, 0.2) is 66.9 Å². The number of nitrogens with zero attached hydrogens (tertiary/aromatic N) is 6. The van der Waals surface area contributed by atoms with Gasteiger partial charge < -0.3 is 30.3 Å². The third-order valence-electron chi connectivity index (χ3n) is 11.6. The molecule has 0 radical (unpaired) electrons. The quantitative estimate of drug-likeness (QED) is 0.120. The molecule has 0 atom stereocenters. The van der Waals surface area contributed by atoms with Crippen LogP contribution in [-0.2, 0) is 37.3 Å². The fraction of sp³-hybridized carbons (Fsp3) is 0.435. The molecule has 3 aromatic carbocycles. The second-order valence-corrected chi connectivity index (χ2v) is 15.6. The Hall–Kier alpha value is -5.30. The van der Waals surface area contributed by atoms with Crippen LogP contribution in [0.2, 0.25) is 0 Å². The third kappa shape index (κ3) is 9.20. The number of carbonyl (C=O) groups excluding carboxylic acids is 2. The van der Waals surface area contributed by atoms with E-state index in [1.54, 1.807) is 19.2 Å². The molecule has 0 aliphatic carbocycles. The number of aryl methyl sites for hydroxylation is 3. The SMILES string of the molecule is CCc1nc2c(cnn2CC)c(NC2CCOCC2)c1CN(Cc1ccc(OC)c(-c2cccc(CN3CCN(CC)CC3)c2)c1)C(=O)c1cc(C)cc(C(N)=O)c1. The van der Waals surface area contributed by atoms with Crippen LogP contribution in [0.5, 0.6) is 5.75 Å². The summed E-state index contributed by atoms with van der Waals surface area (Å²) in [6.45, 7) is 17.2. The van der Waals surface area contributed by atoms with E-state index < -0.39 is 5.91 Å². The fourth-order valence-electron chi connectivity index (χ4n) is 8.36. The Morgan fingerprint density at radius 3 is 2.38 bits per heavy atom. The normalized spacial score (nSPS) is 15.5. The number of carbonyl (C=O) groups is 2. The van der Waals surface area contributed by atoms with Gasteiger partial charge in [-0.15, -0.1) is 0 Å². The zero-order valence-corrected chi connectivity index (χ0v) is 34.7. The molecule has 12 heteroatoms. The number of pyridine rings is 1. The largest absolute Gasteiger partial charge is 0.496 e. The molecule has 58 heavy (non-hydrogen) atoms. The molecule has 0 spiro atoms. The Kier molecular flexibility index (Phi) is 13.1. The van der Waals surface area contributed by atoms with Crippen LogP contribution in [0, 0.1) is 6.92 Å². The maximum Gasteiger partial charge on any atom is 0.254 e. The Labute approximate surface area is 342 Å². The highest BCUT2D eigenvalue weighted by Gasteiger charge is 2.27. The lowest BCUT2D eigenvalue weighted by atomic mass is 9.98. The molecule has 4 heterocycles. The van der Waals surface area contributed by atoms with Gasteiger partial charge in [-0.2, -0.15) is 5.10 Å². The van der Waals surface area contributed by atoms with Gasteiger partial charge in [0.1, 0.15) is 5.75 Å². The van der Waals surface area contributed by atoms with E-state index in [0.29, 0.717) is 43.9 Å². The monoisotopic (exact) mass is 786 g/mol. The van der Waals surface area contributed by atoms with Gasteiger partial charge in [0.05, 0.1) is 30.9 Å². The molecule has 0 bridgehead atoms. The first-order valence-electron chi connectivity index (χ1n) is 20.8. The van der Waals surface area contributed by atoms with Gasteiger partial charge in [-0.1, -0.05) is 38.1 Å². The number of rotatable bonds is 15. The Bertz CT molecular complexity index is 2240. The standard InChI is InChI=1S/C46H58N8O4/c1-6-41-40(43(49-37-14-20-58-21-15-37)39-27-48-54(8-3)45(39)50-41)30-53(46(56)36-23-31(4)22-35(26-36)44(47)55)29-33-12-13-42(57-5)38(25-33)34-11-9-10-32(24-34)28-52-18-16-51(7-2)17-19-52/h9-13,22-27,37H,6-8,14-21,28-30H2,1-5H3,(H2,47,55)(H,49,50). The van der Waals surface area contributed by atoms with Crippen molar-refractivity contribution in [2.75, 3.05) is 58.4 Å². The number of amides is 2. The van der Waals surface area contributed by atoms with Crippen molar-refractivity contribution in [1.82, 2.24) is 29.5 Å². The highest BCUT2D eigenvalue weighted by Crippen LogP contribution is 2.35. The first kappa shape index (κ1) is 40.9. The van der Waals surface area contributed by atoms with Crippen molar-refractivity contribution in [3.8, 4) is 16.9 Å². The number of fused-ring (bicyclic) bond motifs is 1. The zero-order chi connectivity index (χ0) is 40.8. The number of nitrogens with two attached hydrogens (primary N) is 1. The van der Waals surface area contributed by atoms with E-state index >= 15 is 0 Å². The Morgan fingerprint density at radius 2 is 1.67 bits per heavy atom. The summed E-state index contributed by atoms with van der Waals surface area (Å²) in [4.78, 5) is 39.3. The van der Waals surface area contributed by atoms with Crippen LogP contribution in [-0.4, -0.2) is 100 Å². The highest BCUT2D eigenvalue weighted by molar-refractivity contribution is 6.00. The fourth-order valence-corrected chi connectivity index (χ4v) is 8.36. The number of hydrogen-bond donors (Lipinski definition) is 2. The number of benzene rings is 3. The average Bonchev–Trinajstić information content (AvgIpc) is 3.67. The molecule has 2 aliphatic rings. The second-order valence-electron chi connectivity index (χ2n) is 15.6. The maximum absolute atomic E-state index is 14.9. The summed E-state index contributed by atoms with van der Waals surface area (Å²) in [5.74, 6) is -0.0237. The molecule has 2 aromatic heterocycles. The average molecular weight is 787 g/mol. The van der Waals surface area contributed by atoms with Gasteiger partial charge in [-0.25, -0.2) is 9.67 Å². The van der Waals surface area contributed by atoms with Crippen molar-refractivity contribution in [3.05, 3.63) is 106 Å². The van der Waals surface area contributed by atoms with Gasteiger partial charge in [0.15, 0.2) is 5.65 Å². The van der Waals surface area contributed by atoms with Crippen LogP contribution in [0.25, 0.3) is 22.2 Å². The van der Waals surface area contributed by atoms with Crippen molar-refractivity contribution in [3.63, 3.8) is 0 Å². The van der Waals surface area contributed by atoms with Gasteiger partial charge in [0.2, 0.25) is 5.91 Å². The second kappa shape index (κ2) is 18.5. The minimum absolute atomic E-state index is 0.202. The molecule has 2 saturated heterocycles. The van der Waals surface area contributed by atoms with E-state index in [1.165, 1.54) is 5.56 Å². The molecule has 2 aliphatic heterocycles. The van der Waals surface area contributed by atoms with Crippen molar-refractivity contribution in [2.24, 2.45) is 5.73 Å². The van der Waals surface area contributed by atoms with Gasteiger partial charge >= 0.3 is 0 Å². The summed E-state index contributed by atoms with van der Waals surface area (Å²) in [6, 6.07) is 20.2. The number of likely N-dealkylation sites (N-methyl/N-ethyl adjacent to an activating group) is 1. The van der Waals surface area contributed by atoms with E-state index in [-0.39, 0.29) is 18.5 Å². The van der Waals surface area contributed by atoms with Crippen molar-refractivity contribution >= 4 is 28.5 Å². The summed E-state index contributed by atoms with van der Waals surface area (Å²) in [7, 11) is 1.70. The Morgan fingerprint density at radius 1 is 0.914 bits per heavy atom. The smallest absolute Gasteiger partial charge is 0.254 e. The number of primary amides is 1. The molecular weight excluding hydrogens is 729 g/mol. The van der Waals surface area contributed by atoms with E-state index in [2.05, 4.69) is 66.2 Å². The minimum atomic E-state index is -0.576. The van der Waals surface area contributed by atoms with Gasteiger partial charge in [-0.05, 0) is 98.3 Å². The number of methoxy groups -OCH3 is 1. The third-order valence-corrected chi connectivity index (χ3v) is 11.6. The summed E-state index contributed by atoms with van der Waals surface area (Å²) >= 11 is 0. The maximum atomic E-state index is 14.9. The summed E-state index contributed by atoms with van der Waals surface area (Å²) in [5, 5.41) is 9.50. The first-order valence-corrected chi connectivity index (χ1v) is 20.8. The van der Waals surface area contributed by atoms with Crippen LogP contribution in [0.4, 0.5) is 5.69 Å². The lowest BCUT2D eigenvalue weighted by molar-refractivity contribution is 0.0729. The molecule has 0 unspecified atom stereocenters. The zero-order valence-electron chi connectivity index (χ0n) is 34.7. The summed E-state index contributed by atoms with van der Waals surface area (Å²) < 4.78 is 13.6. The molecule has 7 rings (SSSR count). The lowest BCUT2D eigenvalue weighted by Crippen LogP contribution is -2.45. The van der Waals surface area contributed by atoms with Crippen LogP contribution < -0.4 is 15.8 Å². The van der Waals surface area contributed by atoms with Gasteiger partial charge in [-0.3, -0.25) is 14.5 Å². The molecule has 306 valence electrons. The lowest BCUT2D eigenvalue weighted by Gasteiger charge is -2.34. The van der Waals surface area contributed by atoms with E-state index in [0.717, 1.165) is 108 Å².